The lowest BCUT2D eigenvalue weighted by Gasteiger charge is -2.46. The van der Waals surface area contributed by atoms with Gasteiger partial charge in [0.1, 0.15) is 0 Å². The second-order valence-corrected chi connectivity index (χ2v) is 7.11. The van der Waals surface area contributed by atoms with Crippen molar-refractivity contribution in [2.75, 3.05) is 33.9 Å². The van der Waals surface area contributed by atoms with Crippen LogP contribution in [0.15, 0.2) is 0 Å². The maximum Gasteiger partial charge on any atom is 0.0509 e. The van der Waals surface area contributed by atoms with Gasteiger partial charge in [-0.3, -0.25) is 0 Å². The van der Waals surface area contributed by atoms with Crippen LogP contribution in [0, 0.1) is 11.8 Å². The van der Waals surface area contributed by atoms with Crippen molar-refractivity contribution < 1.29 is 4.74 Å². The molecule has 1 heterocycles. The molecule has 3 heteroatoms. The third kappa shape index (κ3) is 3.71. The first kappa shape index (κ1) is 15.3. The first-order valence-electron chi connectivity index (χ1n) is 8.02. The summed E-state index contributed by atoms with van der Waals surface area (Å²) in [5.74, 6) is 1.57. The molecule has 4 atom stereocenters. The summed E-state index contributed by atoms with van der Waals surface area (Å²) in [5.41, 5.74) is 0.366. The van der Waals surface area contributed by atoms with Crippen LogP contribution in [0.4, 0.5) is 0 Å². The molecule has 19 heavy (non-hydrogen) atoms. The van der Waals surface area contributed by atoms with Crippen LogP contribution in [0.3, 0.4) is 0 Å². The van der Waals surface area contributed by atoms with Gasteiger partial charge in [0.2, 0.25) is 0 Å². The molecule has 1 aliphatic carbocycles. The van der Waals surface area contributed by atoms with Gasteiger partial charge in [-0.15, -0.1) is 0 Å². The van der Waals surface area contributed by atoms with Crippen LogP contribution in [-0.4, -0.2) is 50.3 Å². The van der Waals surface area contributed by atoms with Gasteiger partial charge >= 0.3 is 0 Å². The van der Waals surface area contributed by atoms with Crippen LogP contribution < -0.4 is 5.32 Å². The largest absolute Gasteiger partial charge is 0.381 e. The zero-order valence-electron chi connectivity index (χ0n) is 13.2. The third-order valence-electron chi connectivity index (χ3n) is 5.44. The summed E-state index contributed by atoms with van der Waals surface area (Å²) in [5, 5.41) is 3.82. The molecule has 4 unspecified atom stereocenters. The van der Waals surface area contributed by atoms with Crippen molar-refractivity contribution in [2.45, 2.75) is 57.5 Å². The average Bonchev–Trinajstić information content (AvgIpc) is 2.89. The molecule has 0 amide bonds. The molecule has 3 nitrogen and oxygen atoms in total. The van der Waals surface area contributed by atoms with E-state index in [1.54, 1.807) is 0 Å². The van der Waals surface area contributed by atoms with Crippen molar-refractivity contribution >= 4 is 0 Å². The zero-order chi connectivity index (χ0) is 13.9. The third-order valence-corrected chi connectivity index (χ3v) is 5.44. The van der Waals surface area contributed by atoms with Crippen LogP contribution >= 0.6 is 0 Å². The van der Waals surface area contributed by atoms with E-state index in [1.165, 1.54) is 32.1 Å². The molecule has 1 saturated carbocycles. The Bertz CT molecular complexity index is 276. The summed E-state index contributed by atoms with van der Waals surface area (Å²) in [7, 11) is 4.51. The molecule has 1 saturated heterocycles. The molecule has 0 aromatic rings. The molecule has 2 aliphatic rings. The SMILES string of the molecule is CC1CCCC(CNC(C)C2CCOC2)(N(C)C)C1. The highest BCUT2D eigenvalue weighted by molar-refractivity contribution is 4.95. The summed E-state index contributed by atoms with van der Waals surface area (Å²) >= 11 is 0. The Morgan fingerprint density at radius 2 is 2.16 bits per heavy atom. The lowest BCUT2D eigenvalue weighted by molar-refractivity contribution is 0.0698. The van der Waals surface area contributed by atoms with E-state index in [0.717, 1.165) is 25.7 Å². The number of nitrogens with zero attached hydrogens (tertiary/aromatic N) is 1. The first-order valence-corrected chi connectivity index (χ1v) is 8.02. The Morgan fingerprint density at radius 1 is 1.37 bits per heavy atom. The fourth-order valence-corrected chi connectivity index (χ4v) is 3.82. The molecular weight excluding hydrogens is 236 g/mol. The number of likely N-dealkylation sites (N-methyl/N-ethyl adjacent to an activating group) is 1. The Labute approximate surface area is 119 Å². The predicted octanol–water partition coefficient (Wildman–Crippen LogP) is 2.51. The number of hydrogen-bond acceptors (Lipinski definition) is 3. The highest BCUT2D eigenvalue weighted by atomic mass is 16.5. The Hall–Kier alpha value is -0.120. The van der Waals surface area contributed by atoms with E-state index in [0.29, 0.717) is 17.5 Å². The number of hydrogen-bond donors (Lipinski definition) is 1. The van der Waals surface area contributed by atoms with E-state index >= 15 is 0 Å². The van der Waals surface area contributed by atoms with Gasteiger partial charge in [-0.2, -0.15) is 0 Å². The molecule has 1 aliphatic heterocycles. The summed E-state index contributed by atoms with van der Waals surface area (Å²) < 4.78 is 5.51. The van der Waals surface area contributed by atoms with Gasteiger partial charge in [0.25, 0.3) is 0 Å². The molecule has 0 aromatic carbocycles. The van der Waals surface area contributed by atoms with Crippen molar-refractivity contribution in [3.05, 3.63) is 0 Å². The van der Waals surface area contributed by atoms with Crippen LogP contribution in [0.25, 0.3) is 0 Å². The lowest BCUT2D eigenvalue weighted by Crippen LogP contribution is -2.56. The van der Waals surface area contributed by atoms with Gasteiger partial charge < -0.3 is 15.0 Å². The summed E-state index contributed by atoms with van der Waals surface area (Å²) in [4.78, 5) is 2.47. The second-order valence-electron chi connectivity index (χ2n) is 7.11. The monoisotopic (exact) mass is 268 g/mol. The molecule has 0 spiro atoms. The minimum Gasteiger partial charge on any atom is -0.381 e. The molecular formula is C16H32N2O. The van der Waals surface area contributed by atoms with E-state index in [4.69, 9.17) is 4.74 Å². The van der Waals surface area contributed by atoms with Crippen molar-refractivity contribution in [1.82, 2.24) is 10.2 Å². The fraction of sp³-hybridized carbons (Fsp3) is 1.00. The van der Waals surface area contributed by atoms with Crippen molar-refractivity contribution in [1.29, 1.82) is 0 Å². The predicted molar refractivity (Wildman–Crippen MR) is 80.4 cm³/mol. The van der Waals surface area contributed by atoms with Crippen molar-refractivity contribution in [3.8, 4) is 0 Å². The molecule has 2 fully saturated rings. The van der Waals surface area contributed by atoms with Gasteiger partial charge in [-0.1, -0.05) is 19.8 Å². The Balaban J connectivity index is 1.89. The van der Waals surface area contributed by atoms with Gasteiger partial charge in [0.05, 0.1) is 6.61 Å². The number of rotatable bonds is 5. The van der Waals surface area contributed by atoms with Gasteiger partial charge in [-0.25, -0.2) is 0 Å². The van der Waals surface area contributed by atoms with E-state index in [-0.39, 0.29) is 0 Å². The summed E-state index contributed by atoms with van der Waals surface area (Å²) in [6.07, 6.45) is 6.68. The van der Waals surface area contributed by atoms with E-state index in [2.05, 4.69) is 38.2 Å². The maximum absolute atomic E-state index is 5.51. The highest BCUT2D eigenvalue weighted by Crippen LogP contribution is 2.35. The minimum atomic E-state index is 0.366. The average molecular weight is 268 g/mol. The normalized spacial score (nSPS) is 37.7. The standard InChI is InChI=1S/C16H32N2O/c1-13-6-5-8-16(10-13,18(3)4)12-17-14(2)15-7-9-19-11-15/h13-15,17H,5-12H2,1-4H3. The van der Waals surface area contributed by atoms with Gasteiger partial charge in [0.15, 0.2) is 0 Å². The molecule has 0 radical (unpaired) electrons. The van der Waals surface area contributed by atoms with Crippen LogP contribution in [0.5, 0.6) is 0 Å². The van der Waals surface area contributed by atoms with E-state index in [9.17, 15) is 0 Å². The van der Waals surface area contributed by atoms with Crippen molar-refractivity contribution in [2.24, 2.45) is 11.8 Å². The minimum absolute atomic E-state index is 0.366. The molecule has 1 N–H and O–H groups in total. The second kappa shape index (κ2) is 6.55. The molecule has 0 bridgehead atoms. The summed E-state index contributed by atoms with van der Waals surface area (Å²) in [6.45, 7) is 7.76. The van der Waals surface area contributed by atoms with Gasteiger partial charge in [0, 0.05) is 24.7 Å². The zero-order valence-corrected chi connectivity index (χ0v) is 13.2. The van der Waals surface area contributed by atoms with E-state index < -0.39 is 0 Å². The van der Waals surface area contributed by atoms with Crippen LogP contribution in [0.1, 0.15) is 46.0 Å². The van der Waals surface area contributed by atoms with Crippen LogP contribution in [0.2, 0.25) is 0 Å². The Morgan fingerprint density at radius 3 is 2.74 bits per heavy atom. The topological polar surface area (TPSA) is 24.5 Å². The molecule has 0 aromatic heterocycles. The highest BCUT2D eigenvalue weighted by Gasteiger charge is 2.37. The molecule has 2 rings (SSSR count). The lowest BCUT2D eigenvalue weighted by atomic mass is 9.75. The first-order chi connectivity index (χ1) is 9.03. The van der Waals surface area contributed by atoms with Crippen LogP contribution in [-0.2, 0) is 4.74 Å². The number of ether oxygens (including phenoxy) is 1. The Kier molecular flexibility index (Phi) is 5.27. The van der Waals surface area contributed by atoms with E-state index in [1.807, 2.05) is 0 Å². The molecule has 112 valence electrons. The quantitative estimate of drug-likeness (QED) is 0.829. The smallest absolute Gasteiger partial charge is 0.0509 e. The maximum atomic E-state index is 5.51. The number of nitrogens with one attached hydrogen (secondary N) is 1. The fourth-order valence-electron chi connectivity index (χ4n) is 3.82. The van der Waals surface area contributed by atoms with Crippen molar-refractivity contribution in [3.63, 3.8) is 0 Å². The summed E-state index contributed by atoms with van der Waals surface area (Å²) in [6, 6.07) is 0.580. The van der Waals surface area contributed by atoms with Gasteiger partial charge in [-0.05, 0) is 52.1 Å².